The summed E-state index contributed by atoms with van der Waals surface area (Å²) in [4.78, 5) is 0. The van der Waals surface area contributed by atoms with Crippen LogP contribution < -0.4 is 10.1 Å². The predicted molar refractivity (Wildman–Crippen MR) is 78.2 cm³/mol. The molecule has 0 bridgehead atoms. The van der Waals surface area contributed by atoms with Gasteiger partial charge in [0.1, 0.15) is 11.9 Å². The molecule has 0 aliphatic carbocycles. The molecule has 2 aromatic carbocycles. The van der Waals surface area contributed by atoms with Gasteiger partial charge in [0.05, 0.1) is 0 Å². The second-order valence-electron chi connectivity index (χ2n) is 4.72. The lowest BCUT2D eigenvalue weighted by molar-refractivity contribution is 0.162. The van der Waals surface area contributed by atoms with E-state index >= 15 is 0 Å². The first kappa shape index (κ1) is 12.0. The van der Waals surface area contributed by atoms with Gasteiger partial charge in [-0.05, 0) is 61.0 Å². The number of rotatable bonds is 2. The van der Waals surface area contributed by atoms with Gasteiger partial charge in [0.25, 0.3) is 0 Å². The molecule has 0 atom stereocenters. The van der Waals surface area contributed by atoms with Crippen LogP contribution in [0.5, 0.6) is 5.75 Å². The third-order valence-corrected chi connectivity index (χ3v) is 3.86. The molecule has 2 aromatic rings. The van der Waals surface area contributed by atoms with Crippen molar-refractivity contribution in [1.29, 1.82) is 0 Å². The second kappa shape index (κ2) is 5.29. The second-order valence-corrected chi connectivity index (χ2v) is 5.64. The Kier molecular flexibility index (Phi) is 3.52. The van der Waals surface area contributed by atoms with E-state index < -0.39 is 0 Å². The van der Waals surface area contributed by atoms with Gasteiger partial charge in [-0.3, -0.25) is 0 Å². The molecule has 3 heteroatoms. The van der Waals surface area contributed by atoms with Crippen molar-refractivity contribution in [3.63, 3.8) is 0 Å². The molecule has 1 heterocycles. The van der Waals surface area contributed by atoms with Gasteiger partial charge in [0, 0.05) is 4.47 Å². The topological polar surface area (TPSA) is 21.3 Å². The van der Waals surface area contributed by atoms with Crippen molar-refractivity contribution in [3.8, 4) is 5.75 Å². The standard InChI is InChI=1S/C15H16BrNO/c16-13-3-1-12-10-15(4-2-11(12)9-13)18-14-5-7-17-8-6-14/h1-4,9-10,14,17H,5-8H2. The average Bonchev–Trinajstić information content (AvgIpc) is 2.40. The number of hydrogen-bond donors (Lipinski definition) is 1. The number of nitrogens with one attached hydrogen (secondary N) is 1. The van der Waals surface area contributed by atoms with E-state index in [1.165, 1.54) is 10.8 Å². The Morgan fingerprint density at radius 1 is 1.00 bits per heavy atom. The molecule has 0 amide bonds. The van der Waals surface area contributed by atoms with Crippen molar-refractivity contribution < 1.29 is 4.74 Å². The van der Waals surface area contributed by atoms with E-state index in [0.717, 1.165) is 36.2 Å². The van der Waals surface area contributed by atoms with Crippen LogP contribution in [0.25, 0.3) is 10.8 Å². The molecule has 18 heavy (non-hydrogen) atoms. The third kappa shape index (κ3) is 2.68. The van der Waals surface area contributed by atoms with Crippen molar-refractivity contribution in [2.75, 3.05) is 13.1 Å². The minimum Gasteiger partial charge on any atom is -0.490 e. The molecule has 1 aliphatic rings. The summed E-state index contributed by atoms with van der Waals surface area (Å²) in [5.74, 6) is 0.983. The molecule has 3 rings (SSSR count). The number of fused-ring (bicyclic) bond motifs is 1. The van der Waals surface area contributed by atoms with Gasteiger partial charge in [0.15, 0.2) is 0 Å². The van der Waals surface area contributed by atoms with Gasteiger partial charge in [-0.15, -0.1) is 0 Å². The number of piperidine rings is 1. The normalized spacial score (nSPS) is 16.9. The van der Waals surface area contributed by atoms with E-state index in [0.29, 0.717) is 6.10 Å². The molecule has 0 spiro atoms. The lowest BCUT2D eigenvalue weighted by Gasteiger charge is -2.24. The van der Waals surface area contributed by atoms with Crippen LogP contribution in [-0.4, -0.2) is 19.2 Å². The lowest BCUT2D eigenvalue weighted by Crippen LogP contribution is -2.34. The van der Waals surface area contributed by atoms with Crippen LogP contribution >= 0.6 is 15.9 Å². The Labute approximate surface area is 115 Å². The summed E-state index contributed by atoms with van der Waals surface area (Å²) in [6, 6.07) is 12.6. The Bertz CT molecular complexity index is 549. The summed E-state index contributed by atoms with van der Waals surface area (Å²) < 4.78 is 7.15. The fourth-order valence-electron chi connectivity index (χ4n) is 2.37. The highest BCUT2D eigenvalue weighted by atomic mass is 79.9. The van der Waals surface area contributed by atoms with E-state index in [-0.39, 0.29) is 0 Å². The van der Waals surface area contributed by atoms with Gasteiger partial charge in [0.2, 0.25) is 0 Å². The first-order valence-corrected chi connectivity index (χ1v) is 7.17. The van der Waals surface area contributed by atoms with Gasteiger partial charge >= 0.3 is 0 Å². The Balaban J connectivity index is 1.82. The maximum Gasteiger partial charge on any atom is 0.120 e. The summed E-state index contributed by atoms with van der Waals surface area (Å²) >= 11 is 3.49. The number of benzene rings is 2. The number of halogens is 1. The first-order valence-electron chi connectivity index (χ1n) is 6.38. The molecule has 1 N–H and O–H groups in total. The largest absolute Gasteiger partial charge is 0.490 e. The van der Waals surface area contributed by atoms with Crippen LogP contribution in [0.4, 0.5) is 0 Å². The van der Waals surface area contributed by atoms with E-state index in [1.54, 1.807) is 0 Å². The van der Waals surface area contributed by atoms with Crippen molar-refractivity contribution in [1.82, 2.24) is 5.32 Å². The van der Waals surface area contributed by atoms with Crippen molar-refractivity contribution in [3.05, 3.63) is 40.9 Å². The van der Waals surface area contributed by atoms with Gasteiger partial charge in [-0.25, -0.2) is 0 Å². The Morgan fingerprint density at radius 3 is 2.56 bits per heavy atom. The van der Waals surface area contributed by atoms with Gasteiger partial charge < -0.3 is 10.1 Å². The SMILES string of the molecule is Brc1ccc2cc(OC3CCNCC3)ccc2c1. The van der Waals surface area contributed by atoms with Gasteiger partial charge in [-0.2, -0.15) is 0 Å². The van der Waals surface area contributed by atoms with Crippen LogP contribution in [0.15, 0.2) is 40.9 Å². The zero-order valence-corrected chi connectivity index (χ0v) is 11.7. The van der Waals surface area contributed by atoms with E-state index in [4.69, 9.17) is 4.74 Å². The first-order chi connectivity index (χ1) is 8.81. The van der Waals surface area contributed by atoms with Crippen molar-refractivity contribution in [2.24, 2.45) is 0 Å². The fourth-order valence-corrected chi connectivity index (χ4v) is 2.75. The van der Waals surface area contributed by atoms with Crippen LogP contribution in [0.2, 0.25) is 0 Å². The Hall–Kier alpha value is -1.06. The third-order valence-electron chi connectivity index (χ3n) is 3.36. The van der Waals surface area contributed by atoms with E-state index in [9.17, 15) is 0 Å². The van der Waals surface area contributed by atoms with Crippen LogP contribution in [0, 0.1) is 0 Å². The van der Waals surface area contributed by atoms with E-state index in [2.05, 4.69) is 57.6 Å². The molecule has 0 radical (unpaired) electrons. The summed E-state index contributed by atoms with van der Waals surface area (Å²) in [7, 11) is 0. The Morgan fingerprint density at radius 2 is 1.72 bits per heavy atom. The summed E-state index contributed by atoms with van der Waals surface area (Å²) in [6.07, 6.45) is 2.55. The van der Waals surface area contributed by atoms with Crippen LogP contribution in [0.1, 0.15) is 12.8 Å². The molecular weight excluding hydrogens is 290 g/mol. The molecule has 94 valence electrons. The maximum atomic E-state index is 6.04. The average molecular weight is 306 g/mol. The summed E-state index contributed by atoms with van der Waals surface area (Å²) in [5, 5.41) is 5.82. The molecule has 0 aromatic heterocycles. The molecule has 0 saturated carbocycles. The van der Waals surface area contributed by atoms with E-state index in [1.807, 2.05) is 0 Å². The van der Waals surface area contributed by atoms with Gasteiger partial charge in [-0.1, -0.05) is 28.1 Å². The maximum absolute atomic E-state index is 6.04. The molecular formula is C15H16BrNO. The highest BCUT2D eigenvalue weighted by Gasteiger charge is 2.14. The molecule has 0 unspecified atom stereocenters. The predicted octanol–water partition coefficient (Wildman–Crippen LogP) is 3.73. The lowest BCUT2D eigenvalue weighted by atomic mass is 10.1. The molecule has 2 nitrogen and oxygen atoms in total. The minimum atomic E-state index is 0.360. The quantitative estimate of drug-likeness (QED) is 0.913. The summed E-state index contributed by atoms with van der Waals surface area (Å²) in [6.45, 7) is 2.12. The van der Waals surface area contributed by atoms with Crippen LogP contribution in [-0.2, 0) is 0 Å². The van der Waals surface area contributed by atoms with Crippen molar-refractivity contribution in [2.45, 2.75) is 18.9 Å². The minimum absolute atomic E-state index is 0.360. The number of ether oxygens (including phenoxy) is 1. The zero-order chi connectivity index (χ0) is 12.4. The highest BCUT2D eigenvalue weighted by Crippen LogP contribution is 2.25. The highest BCUT2D eigenvalue weighted by molar-refractivity contribution is 9.10. The fraction of sp³-hybridized carbons (Fsp3) is 0.333. The molecule has 1 aliphatic heterocycles. The number of hydrogen-bond acceptors (Lipinski definition) is 2. The zero-order valence-electron chi connectivity index (χ0n) is 10.2. The molecule has 1 saturated heterocycles. The molecule has 1 fully saturated rings. The smallest absolute Gasteiger partial charge is 0.120 e. The van der Waals surface area contributed by atoms with Crippen molar-refractivity contribution >= 4 is 26.7 Å². The van der Waals surface area contributed by atoms with Crippen LogP contribution in [0.3, 0.4) is 0 Å². The summed E-state index contributed by atoms with van der Waals surface area (Å²) in [5.41, 5.74) is 0. The monoisotopic (exact) mass is 305 g/mol.